The second-order valence-electron chi connectivity index (χ2n) is 7.23. The Labute approximate surface area is 144 Å². The molecule has 0 aromatic heterocycles. The summed E-state index contributed by atoms with van der Waals surface area (Å²) >= 11 is 0. The van der Waals surface area contributed by atoms with Gasteiger partial charge in [-0.15, -0.1) is 0 Å². The number of methoxy groups -OCH3 is 1. The van der Waals surface area contributed by atoms with Crippen molar-refractivity contribution >= 4 is 16.0 Å². The maximum atomic E-state index is 12.7. The molecule has 0 radical (unpaired) electrons. The molecule has 6 nitrogen and oxygen atoms in total. The Morgan fingerprint density at radius 3 is 2.25 bits per heavy atom. The number of carbonyl (C=O) groups excluding carboxylic acids is 1. The highest BCUT2D eigenvalue weighted by atomic mass is 32.2. The number of sulfonamides is 1. The Hall–Kier alpha value is -1.44. The zero-order chi connectivity index (χ0) is 18.2. The van der Waals surface area contributed by atoms with Gasteiger partial charge in [-0.05, 0) is 42.5 Å². The van der Waals surface area contributed by atoms with Crippen LogP contribution in [0, 0.1) is 5.41 Å². The van der Waals surface area contributed by atoms with Gasteiger partial charge in [-0.3, -0.25) is 4.79 Å². The Balaban J connectivity index is 2.23. The summed E-state index contributed by atoms with van der Waals surface area (Å²) < 4.78 is 31.6. The molecule has 24 heavy (non-hydrogen) atoms. The van der Waals surface area contributed by atoms with Crippen molar-refractivity contribution in [1.82, 2.24) is 4.31 Å². The molecular formula is C17H26N2O4S. The molecule has 1 aromatic rings. The van der Waals surface area contributed by atoms with E-state index in [-0.39, 0.29) is 16.3 Å². The maximum Gasteiger partial charge on any atom is 0.316 e. The van der Waals surface area contributed by atoms with Gasteiger partial charge in [0.1, 0.15) is 0 Å². The highest BCUT2D eigenvalue weighted by molar-refractivity contribution is 7.89. The molecule has 0 aliphatic heterocycles. The van der Waals surface area contributed by atoms with Crippen LogP contribution in [0.2, 0.25) is 0 Å². The van der Waals surface area contributed by atoms with Gasteiger partial charge in [0.05, 0.1) is 17.4 Å². The number of carbonyl (C=O) groups is 1. The van der Waals surface area contributed by atoms with Gasteiger partial charge in [0.25, 0.3) is 0 Å². The van der Waals surface area contributed by atoms with Gasteiger partial charge in [0.15, 0.2) is 0 Å². The maximum absolute atomic E-state index is 12.7. The summed E-state index contributed by atoms with van der Waals surface area (Å²) in [7, 11) is -0.665. The molecule has 0 spiro atoms. The molecule has 1 saturated carbocycles. The average molecular weight is 354 g/mol. The average Bonchev–Trinajstić information content (AvgIpc) is 3.35. The summed E-state index contributed by atoms with van der Waals surface area (Å²) in [6, 6.07) is 6.52. The number of rotatable bonds is 7. The predicted octanol–water partition coefficient (Wildman–Crippen LogP) is 1.50. The molecule has 1 aliphatic carbocycles. The molecule has 0 unspecified atom stereocenters. The number of benzene rings is 1. The molecule has 0 amide bonds. The summed E-state index contributed by atoms with van der Waals surface area (Å²) in [5.41, 5.74) is 5.60. The first-order valence-electron chi connectivity index (χ1n) is 7.94. The minimum absolute atomic E-state index is 0.210. The smallest absolute Gasteiger partial charge is 0.316 e. The SMILES string of the molecule is COC(=O)C1(c2ccc(S(=O)(=O)N(C)CC(C)(C)CN)cc2)CC1. The molecule has 0 atom stereocenters. The zero-order valence-corrected chi connectivity index (χ0v) is 15.5. The van der Waals surface area contributed by atoms with Crippen LogP contribution in [-0.4, -0.2) is 45.9 Å². The fourth-order valence-electron chi connectivity index (χ4n) is 2.81. The largest absolute Gasteiger partial charge is 0.468 e. The number of nitrogens with zero attached hydrogens (tertiary/aromatic N) is 1. The van der Waals surface area contributed by atoms with E-state index in [0.29, 0.717) is 13.1 Å². The van der Waals surface area contributed by atoms with Gasteiger partial charge in [-0.2, -0.15) is 0 Å². The number of ether oxygens (including phenoxy) is 1. The van der Waals surface area contributed by atoms with Gasteiger partial charge in [0, 0.05) is 13.6 Å². The van der Waals surface area contributed by atoms with E-state index in [2.05, 4.69) is 0 Å². The fourth-order valence-corrected chi connectivity index (χ4v) is 4.17. The monoisotopic (exact) mass is 354 g/mol. The standard InChI is InChI=1S/C17H26N2O4S/c1-16(2,11-18)12-19(3)24(21,22)14-7-5-13(6-8-14)17(9-10-17)15(20)23-4/h5-8H,9-12,18H2,1-4H3. The third-order valence-electron chi connectivity index (χ3n) is 4.64. The van der Waals surface area contributed by atoms with Gasteiger partial charge in [-0.1, -0.05) is 26.0 Å². The van der Waals surface area contributed by atoms with Crippen LogP contribution >= 0.6 is 0 Å². The van der Waals surface area contributed by atoms with E-state index in [0.717, 1.165) is 18.4 Å². The van der Waals surface area contributed by atoms with Crippen molar-refractivity contribution in [3.63, 3.8) is 0 Å². The minimum atomic E-state index is -3.59. The van der Waals surface area contributed by atoms with E-state index in [4.69, 9.17) is 10.5 Å². The van der Waals surface area contributed by atoms with Crippen LogP contribution in [-0.2, 0) is 25.0 Å². The van der Waals surface area contributed by atoms with Crippen LogP contribution in [0.25, 0.3) is 0 Å². The van der Waals surface area contributed by atoms with Crippen molar-refractivity contribution in [2.75, 3.05) is 27.2 Å². The first-order valence-corrected chi connectivity index (χ1v) is 9.38. The van der Waals surface area contributed by atoms with Gasteiger partial charge in [0.2, 0.25) is 10.0 Å². The number of nitrogens with two attached hydrogens (primary N) is 1. The molecule has 0 bridgehead atoms. The number of hydrogen-bond acceptors (Lipinski definition) is 5. The summed E-state index contributed by atoms with van der Waals surface area (Å²) in [6.45, 7) is 4.58. The van der Waals surface area contributed by atoms with Crippen LogP contribution in [0.5, 0.6) is 0 Å². The summed E-state index contributed by atoms with van der Waals surface area (Å²) in [5.74, 6) is -0.264. The molecule has 2 rings (SSSR count). The van der Waals surface area contributed by atoms with E-state index in [9.17, 15) is 13.2 Å². The Morgan fingerprint density at radius 1 is 1.29 bits per heavy atom. The number of esters is 1. The van der Waals surface area contributed by atoms with Crippen LogP contribution in [0.1, 0.15) is 32.3 Å². The summed E-state index contributed by atoms with van der Waals surface area (Å²) in [6.07, 6.45) is 1.47. The van der Waals surface area contributed by atoms with Crippen LogP contribution in [0.4, 0.5) is 0 Å². The van der Waals surface area contributed by atoms with Crippen molar-refractivity contribution in [2.45, 2.75) is 37.0 Å². The molecule has 1 aromatic carbocycles. The third kappa shape index (κ3) is 3.48. The van der Waals surface area contributed by atoms with Gasteiger partial charge in [-0.25, -0.2) is 12.7 Å². The van der Waals surface area contributed by atoms with Crippen LogP contribution < -0.4 is 5.73 Å². The molecule has 2 N–H and O–H groups in total. The van der Waals surface area contributed by atoms with Crippen molar-refractivity contribution in [3.8, 4) is 0 Å². The van der Waals surface area contributed by atoms with E-state index in [1.165, 1.54) is 11.4 Å². The molecule has 0 saturated heterocycles. The van der Waals surface area contributed by atoms with E-state index in [1.54, 1.807) is 31.3 Å². The minimum Gasteiger partial charge on any atom is -0.468 e. The normalized spacial score (nSPS) is 16.9. The van der Waals surface area contributed by atoms with Gasteiger partial charge < -0.3 is 10.5 Å². The fraction of sp³-hybridized carbons (Fsp3) is 0.588. The second-order valence-corrected chi connectivity index (χ2v) is 9.27. The lowest BCUT2D eigenvalue weighted by molar-refractivity contribution is -0.143. The predicted molar refractivity (Wildman–Crippen MR) is 92.0 cm³/mol. The van der Waals surface area contributed by atoms with Gasteiger partial charge >= 0.3 is 5.97 Å². The van der Waals surface area contributed by atoms with E-state index in [1.807, 2.05) is 13.8 Å². The van der Waals surface area contributed by atoms with Crippen molar-refractivity contribution < 1.29 is 17.9 Å². The molecule has 7 heteroatoms. The summed E-state index contributed by atoms with van der Waals surface area (Å²) in [4.78, 5) is 12.1. The number of hydrogen-bond donors (Lipinski definition) is 1. The third-order valence-corrected chi connectivity index (χ3v) is 6.46. The zero-order valence-electron chi connectivity index (χ0n) is 14.7. The first-order chi connectivity index (χ1) is 11.1. The quantitative estimate of drug-likeness (QED) is 0.750. The van der Waals surface area contributed by atoms with Crippen molar-refractivity contribution in [1.29, 1.82) is 0 Å². The highest BCUT2D eigenvalue weighted by Crippen LogP contribution is 2.49. The second kappa shape index (κ2) is 6.46. The van der Waals surface area contributed by atoms with Crippen LogP contribution in [0.15, 0.2) is 29.2 Å². The van der Waals surface area contributed by atoms with Crippen molar-refractivity contribution in [3.05, 3.63) is 29.8 Å². The Morgan fingerprint density at radius 2 is 1.83 bits per heavy atom. The molecule has 0 heterocycles. The lowest BCUT2D eigenvalue weighted by Crippen LogP contribution is -2.39. The van der Waals surface area contributed by atoms with E-state index >= 15 is 0 Å². The molecule has 134 valence electrons. The Bertz CT molecular complexity index is 707. The molecule has 1 fully saturated rings. The lowest BCUT2D eigenvalue weighted by Gasteiger charge is -2.28. The molecule has 1 aliphatic rings. The highest BCUT2D eigenvalue weighted by Gasteiger charge is 2.52. The lowest BCUT2D eigenvalue weighted by atomic mass is 9.94. The Kier molecular flexibility index (Phi) is 5.09. The summed E-state index contributed by atoms with van der Waals surface area (Å²) in [5, 5.41) is 0. The first kappa shape index (κ1) is 18.9. The molecular weight excluding hydrogens is 328 g/mol. The van der Waals surface area contributed by atoms with E-state index < -0.39 is 15.4 Å². The van der Waals surface area contributed by atoms with Crippen molar-refractivity contribution in [2.24, 2.45) is 11.1 Å². The van der Waals surface area contributed by atoms with Crippen LogP contribution in [0.3, 0.4) is 0 Å². The topological polar surface area (TPSA) is 89.7 Å².